The number of rotatable bonds is 1. The van der Waals surface area contributed by atoms with Crippen LogP contribution >= 0.6 is 0 Å². The fourth-order valence-electron chi connectivity index (χ4n) is 1.31. The topological polar surface area (TPSA) is 58.5 Å². The molecule has 0 saturated carbocycles. The lowest BCUT2D eigenvalue weighted by Gasteiger charge is -1.98. The molecule has 1 atom stereocenters. The number of hydrogen-bond donors (Lipinski definition) is 1. The maximum absolute atomic E-state index is 11.1. The van der Waals surface area contributed by atoms with Crippen molar-refractivity contribution in [3.05, 3.63) is 40.3 Å². The largest absolute Gasteiger partial charge is 0.324 e. The predicted molar refractivity (Wildman–Crippen MR) is 42.4 cm³/mol. The second kappa shape index (κ2) is 2.41. The molecule has 0 unspecified atom stereocenters. The fourth-order valence-corrected chi connectivity index (χ4v) is 1.31. The third kappa shape index (κ3) is 0.812. The smallest absolute Gasteiger partial charge is 0.253 e. The van der Waals surface area contributed by atoms with Crippen molar-refractivity contribution in [2.45, 2.75) is 6.17 Å². The zero-order valence-corrected chi connectivity index (χ0v) is 6.15. The molecule has 2 rings (SSSR count). The summed E-state index contributed by atoms with van der Waals surface area (Å²) in [5, 5.41) is 5.25. The molecular weight excluding hydrogens is 156 g/mol. The maximum Gasteiger partial charge on any atom is 0.253 e. The van der Waals surface area contributed by atoms with Crippen molar-refractivity contribution in [2.24, 2.45) is 5.18 Å². The van der Waals surface area contributed by atoms with Gasteiger partial charge in [0, 0.05) is 11.1 Å². The van der Waals surface area contributed by atoms with Gasteiger partial charge in [-0.25, -0.2) is 0 Å². The van der Waals surface area contributed by atoms with Gasteiger partial charge in [0.25, 0.3) is 5.91 Å². The quantitative estimate of drug-likeness (QED) is 0.630. The monoisotopic (exact) mass is 162 g/mol. The van der Waals surface area contributed by atoms with Crippen molar-refractivity contribution < 1.29 is 4.79 Å². The van der Waals surface area contributed by atoms with Gasteiger partial charge in [-0.05, 0) is 11.2 Å². The Kier molecular flexibility index (Phi) is 1.40. The van der Waals surface area contributed by atoms with Crippen molar-refractivity contribution in [1.29, 1.82) is 0 Å². The molecule has 1 aromatic rings. The minimum absolute atomic E-state index is 0.227. The first kappa shape index (κ1) is 6.97. The van der Waals surface area contributed by atoms with E-state index in [0.717, 1.165) is 0 Å². The fraction of sp³-hybridized carbons (Fsp3) is 0.125. The van der Waals surface area contributed by atoms with Crippen LogP contribution in [0, 0.1) is 4.91 Å². The van der Waals surface area contributed by atoms with Gasteiger partial charge >= 0.3 is 0 Å². The molecular formula is C8H6N2O2. The van der Waals surface area contributed by atoms with Crippen LogP contribution in [0.25, 0.3) is 0 Å². The standard InChI is InChI=1S/C8H6N2O2/c11-8-6-4-2-1-3-5(6)7(9-8)10-12/h1-4,7H,(H,9,11)/t7-/m0/s1. The minimum Gasteiger partial charge on any atom is -0.324 e. The first-order valence-corrected chi connectivity index (χ1v) is 3.55. The molecule has 1 aliphatic heterocycles. The minimum atomic E-state index is -0.700. The lowest BCUT2D eigenvalue weighted by molar-refractivity contribution is 0.0957. The van der Waals surface area contributed by atoms with Gasteiger partial charge in [-0.3, -0.25) is 4.79 Å². The Bertz CT molecular complexity index is 349. The van der Waals surface area contributed by atoms with E-state index in [2.05, 4.69) is 10.5 Å². The van der Waals surface area contributed by atoms with E-state index >= 15 is 0 Å². The molecule has 1 N–H and O–H groups in total. The number of nitroso groups, excluding NO2 is 1. The molecule has 4 nitrogen and oxygen atoms in total. The van der Waals surface area contributed by atoms with E-state index in [4.69, 9.17) is 0 Å². The van der Waals surface area contributed by atoms with Gasteiger partial charge in [0.05, 0.1) is 0 Å². The van der Waals surface area contributed by atoms with Crippen LogP contribution in [0.1, 0.15) is 22.1 Å². The summed E-state index contributed by atoms with van der Waals surface area (Å²) in [5.74, 6) is -0.227. The lowest BCUT2D eigenvalue weighted by atomic mass is 10.1. The molecule has 1 heterocycles. The SMILES string of the molecule is O=N[C@@H]1NC(=O)c2ccccc21. The van der Waals surface area contributed by atoms with Gasteiger partial charge in [0.1, 0.15) is 0 Å². The lowest BCUT2D eigenvalue weighted by Crippen LogP contribution is -2.16. The van der Waals surface area contributed by atoms with Crippen LogP contribution in [0.4, 0.5) is 0 Å². The van der Waals surface area contributed by atoms with Crippen molar-refractivity contribution in [2.75, 3.05) is 0 Å². The molecule has 0 aromatic heterocycles. The Morgan fingerprint density at radius 3 is 2.83 bits per heavy atom. The molecule has 0 fully saturated rings. The van der Waals surface area contributed by atoms with E-state index in [-0.39, 0.29) is 5.91 Å². The average Bonchev–Trinajstić information content (AvgIpc) is 2.44. The average molecular weight is 162 g/mol. The van der Waals surface area contributed by atoms with Crippen molar-refractivity contribution in [3.63, 3.8) is 0 Å². The van der Waals surface area contributed by atoms with Gasteiger partial charge in [-0.2, -0.15) is 0 Å². The Hall–Kier alpha value is -1.71. The molecule has 0 saturated heterocycles. The number of nitrogens with one attached hydrogen (secondary N) is 1. The van der Waals surface area contributed by atoms with Gasteiger partial charge < -0.3 is 5.32 Å². The summed E-state index contributed by atoms with van der Waals surface area (Å²) >= 11 is 0. The van der Waals surface area contributed by atoms with Gasteiger partial charge in [0.15, 0.2) is 6.17 Å². The van der Waals surface area contributed by atoms with Crippen molar-refractivity contribution in [3.8, 4) is 0 Å². The highest BCUT2D eigenvalue weighted by atomic mass is 16.3. The highest BCUT2D eigenvalue weighted by Gasteiger charge is 2.28. The predicted octanol–water partition coefficient (Wildman–Crippen LogP) is 1.20. The zero-order valence-electron chi connectivity index (χ0n) is 6.15. The van der Waals surface area contributed by atoms with Crippen LogP contribution in [0.3, 0.4) is 0 Å². The number of fused-ring (bicyclic) bond motifs is 1. The molecule has 0 spiro atoms. The summed E-state index contributed by atoms with van der Waals surface area (Å²) in [7, 11) is 0. The van der Waals surface area contributed by atoms with Gasteiger partial charge in [-0.15, -0.1) is 4.91 Å². The van der Waals surface area contributed by atoms with Crippen LogP contribution in [-0.2, 0) is 0 Å². The van der Waals surface area contributed by atoms with E-state index < -0.39 is 6.17 Å². The van der Waals surface area contributed by atoms with Gasteiger partial charge in [0.2, 0.25) is 0 Å². The Labute approximate surface area is 68.6 Å². The zero-order chi connectivity index (χ0) is 8.55. The third-order valence-corrected chi connectivity index (χ3v) is 1.87. The molecule has 4 heteroatoms. The first-order chi connectivity index (χ1) is 5.83. The number of carbonyl (C=O) groups excluding carboxylic acids is 1. The summed E-state index contributed by atoms with van der Waals surface area (Å²) in [6.07, 6.45) is -0.700. The number of carbonyl (C=O) groups is 1. The molecule has 12 heavy (non-hydrogen) atoms. The summed E-state index contributed by atoms with van der Waals surface area (Å²) in [4.78, 5) is 21.4. The van der Waals surface area contributed by atoms with Crippen LogP contribution in [-0.4, -0.2) is 5.91 Å². The van der Waals surface area contributed by atoms with Crippen molar-refractivity contribution in [1.82, 2.24) is 5.32 Å². The van der Waals surface area contributed by atoms with E-state index in [9.17, 15) is 9.70 Å². The molecule has 1 amide bonds. The summed E-state index contributed by atoms with van der Waals surface area (Å²) in [5.41, 5.74) is 1.21. The maximum atomic E-state index is 11.1. The highest BCUT2D eigenvalue weighted by molar-refractivity contribution is 5.99. The van der Waals surface area contributed by atoms with Crippen molar-refractivity contribution >= 4 is 5.91 Å². The van der Waals surface area contributed by atoms with E-state index in [1.807, 2.05) is 0 Å². The second-order valence-corrected chi connectivity index (χ2v) is 2.57. The summed E-state index contributed by atoms with van der Waals surface area (Å²) < 4.78 is 0. The van der Waals surface area contributed by atoms with Crippen LogP contribution < -0.4 is 5.32 Å². The first-order valence-electron chi connectivity index (χ1n) is 3.55. The molecule has 0 radical (unpaired) electrons. The Morgan fingerprint density at radius 1 is 1.33 bits per heavy atom. The molecule has 0 bridgehead atoms. The van der Waals surface area contributed by atoms with Gasteiger partial charge in [-0.1, -0.05) is 18.2 Å². The van der Waals surface area contributed by atoms with Crippen LogP contribution in [0.5, 0.6) is 0 Å². The van der Waals surface area contributed by atoms with Crippen LogP contribution in [0.2, 0.25) is 0 Å². The molecule has 60 valence electrons. The highest BCUT2D eigenvalue weighted by Crippen LogP contribution is 2.24. The summed E-state index contributed by atoms with van der Waals surface area (Å²) in [6.45, 7) is 0. The Balaban J connectivity index is 2.57. The normalized spacial score (nSPS) is 20.0. The van der Waals surface area contributed by atoms with Crippen LogP contribution in [0.15, 0.2) is 29.4 Å². The third-order valence-electron chi connectivity index (χ3n) is 1.87. The molecule has 1 aliphatic rings. The molecule has 1 aromatic carbocycles. The summed E-state index contributed by atoms with van der Waals surface area (Å²) in [6, 6.07) is 6.93. The second-order valence-electron chi connectivity index (χ2n) is 2.57. The van der Waals surface area contributed by atoms with E-state index in [0.29, 0.717) is 11.1 Å². The van der Waals surface area contributed by atoms with E-state index in [1.54, 1.807) is 24.3 Å². The van der Waals surface area contributed by atoms with E-state index in [1.165, 1.54) is 0 Å². The number of benzene rings is 1. The Morgan fingerprint density at radius 2 is 2.08 bits per heavy atom. The number of nitrogens with zero attached hydrogens (tertiary/aromatic N) is 1. The molecule has 0 aliphatic carbocycles. The number of hydrogen-bond acceptors (Lipinski definition) is 3. The number of amides is 1.